The normalized spacial score (nSPS) is 12.9. The van der Waals surface area contributed by atoms with Gasteiger partial charge in [0.1, 0.15) is 5.69 Å². The van der Waals surface area contributed by atoms with Gasteiger partial charge in [-0.1, -0.05) is 49.1 Å². The number of esters is 1. The maximum absolute atomic E-state index is 12.3. The van der Waals surface area contributed by atoms with Gasteiger partial charge in [0.15, 0.2) is 6.10 Å². The Labute approximate surface area is 131 Å². The highest BCUT2D eigenvalue weighted by Crippen LogP contribution is 2.20. The summed E-state index contributed by atoms with van der Waals surface area (Å²) in [4.78, 5) is 16.4. The highest BCUT2D eigenvalue weighted by atomic mass is 16.5. The minimum atomic E-state index is -0.428. The van der Waals surface area contributed by atoms with Crippen LogP contribution in [0.1, 0.15) is 49.3 Å². The number of hydrogen-bond donors (Lipinski definition) is 0. The highest BCUT2D eigenvalue weighted by molar-refractivity contribution is 5.87. The first-order valence-corrected chi connectivity index (χ1v) is 7.39. The first kappa shape index (κ1) is 15.8. The van der Waals surface area contributed by atoms with E-state index in [1.165, 1.54) is 6.20 Å². The molecule has 0 fully saturated rings. The Bertz CT molecular complexity index is 680. The van der Waals surface area contributed by atoms with Gasteiger partial charge in [-0.15, -0.1) is 0 Å². The number of benzene rings is 1. The Morgan fingerprint density at radius 2 is 2.05 bits per heavy atom. The summed E-state index contributed by atoms with van der Waals surface area (Å²) in [5.41, 5.74) is 1.54. The number of aromatic nitrogens is 2. The molecular formula is C18H20N2O2. The molecule has 22 heavy (non-hydrogen) atoms. The van der Waals surface area contributed by atoms with Gasteiger partial charge in [0, 0.05) is 6.42 Å². The first-order chi connectivity index (χ1) is 10.6. The van der Waals surface area contributed by atoms with E-state index >= 15 is 0 Å². The lowest BCUT2D eigenvalue weighted by Crippen LogP contribution is -2.19. The van der Waals surface area contributed by atoms with Crippen LogP contribution in [-0.2, 0) is 4.74 Å². The monoisotopic (exact) mass is 296 g/mol. The molecule has 1 aromatic heterocycles. The van der Waals surface area contributed by atoms with Crippen molar-refractivity contribution in [2.24, 2.45) is 0 Å². The maximum Gasteiger partial charge on any atom is 0.357 e. The van der Waals surface area contributed by atoms with Crippen molar-refractivity contribution in [3.8, 4) is 11.8 Å². The Balaban J connectivity index is 2.17. The third-order valence-corrected chi connectivity index (χ3v) is 3.34. The average molecular weight is 296 g/mol. The molecule has 2 aromatic rings. The zero-order valence-corrected chi connectivity index (χ0v) is 13.1. The molecule has 4 heteroatoms. The van der Waals surface area contributed by atoms with Crippen LogP contribution in [0.3, 0.4) is 0 Å². The van der Waals surface area contributed by atoms with Gasteiger partial charge in [0.2, 0.25) is 0 Å². The number of hydrogen-bond acceptors (Lipinski definition) is 3. The summed E-state index contributed by atoms with van der Waals surface area (Å²) in [5.74, 6) is 5.39. The van der Waals surface area contributed by atoms with Gasteiger partial charge >= 0.3 is 5.97 Å². The van der Waals surface area contributed by atoms with Crippen molar-refractivity contribution in [1.29, 1.82) is 0 Å². The average Bonchev–Trinajstić information content (AvgIpc) is 3.02. The molecule has 0 aliphatic rings. The minimum absolute atomic E-state index is 0.00304. The topological polar surface area (TPSA) is 44.1 Å². The molecule has 2 unspecified atom stereocenters. The summed E-state index contributed by atoms with van der Waals surface area (Å²) in [6.07, 6.45) is 3.49. The van der Waals surface area contributed by atoms with Crippen LogP contribution in [-0.4, -0.2) is 21.6 Å². The van der Waals surface area contributed by atoms with Crippen molar-refractivity contribution in [2.45, 2.75) is 39.3 Å². The van der Waals surface area contributed by atoms with E-state index in [1.807, 2.05) is 48.7 Å². The second kappa shape index (κ2) is 7.46. The fraction of sp³-hybridized carbons (Fsp3) is 0.333. The largest absolute Gasteiger partial charge is 0.445 e. The van der Waals surface area contributed by atoms with Crippen LogP contribution >= 0.6 is 0 Å². The third kappa shape index (κ3) is 3.76. The Hall–Kier alpha value is -2.54. The predicted octanol–water partition coefficient (Wildman–Crippen LogP) is 3.45. The Kier molecular flexibility index (Phi) is 5.37. The molecule has 0 bridgehead atoms. The minimum Gasteiger partial charge on any atom is -0.445 e. The van der Waals surface area contributed by atoms with Crippen molar-refractivity contribution >= 4 is 5.97 Å². The van der Waals surface area contributed by atoms with Crippen LogP contribution < -0.4 is 0 Å². The lowest BCUT2D eigenvalue weighted by atomic mass is 10.1. The molecule has 1 aromatic carbocycles. The Morgan fingerprint density at radius 3 is 2.73 bits per heavy atom. The van der Waals surface area contributed by atoms with Crippen LogP contribution in [0.25, 0.3) is 0 Å². The third-order valence-electron chi connectivity index (χ3n) is 3.34. The van der Waals surface area contributed by atoms with Crippen molar-refractivity contribution in [3.05, 3.63) is 54.1 Å². The van der Waals surface area contributed by atoms with Gasteiger partial charge in [0.05, 0.1) is 18.6 Å². The number of imidazole rings is 1. The van der Waals surface area contributed by atoms with Gasteiger partial charge in [0.25, 0.3) is 0 Å². The SMILES string of the molecule is CCC#CC(C)OC(=O)c1cncn1C(C)c1ccccc1. The summed E-state index contributed by atoms with van der Waals surface area (Å²) in [7, 11) is 0. The van der Waals surface area contributed by atoms with Crippen LogP contribution in [0, 0.1) is 11.8 Å². The van der Waals surface area contributed by atoms with Crippen molar-refractivity contribution in [1.82, 2.24) is 9.55 Å². The molecule has 2 atom stereocenters. The number of ether oxygens (including phenoxy) is 1. The summed E-state index contributed by atoms with van der Waals surface area (Å²) in [6, 6.07) is 9.97. The van der Waals surface area contributed by atoms with E-state index in [-0.39, 0.29) is 6.04 Å². The lowest BCUT2D eigenvalue weighted by Gasteiger charge is -2.17. The second-order valence-electron chi connectivity index (χ2n) is 5.00. The summed E-state index contributed by atoms with van der Waals surface area (Å²) in [6.45, 7) is 5.74. The summed E-state index contributed by atoms with van der Waals surface area (Å²) < 4.78 is 7.17. The maximum atomic E-state index is 12.3. The van der Waals surface area contributed by atoms with E-state index in [0.29, 0.717) is 5.69 Å². The van der Waals surface area contributed by atoms with E-state index < -0.39 is 12.1 Å². The van der Waals surface area contributed by atoms with E-state index in [2.05, 4.69) is 16.8 Å². The zero-order valence-electron chi connectivity index (χ0n) is 13.1. The molecule has 0 saturated carbocycles. The Morgan fingerprint density at radius 1 is 1.32 bits per heavy atom. The number of carbonyl (C=O) groups is 1. The fourth-order valence-corrected chi connectivity index (χ4v) is 2.16. The molecule has 0 radical (unpaired) electrons. The molecule has 0 aliphatic carbocycles. The highest BCUT2D eigenvalue weighted by Gasteiger charge is 2.19. The molecule has 0 aliphatic heterocycles. The molecule has 2 rings (SSSR count). The van der Waals surface area contributed by atoms with E-state index in [0.717, 1.165) is 12.0 Å². The summed E-state index contributed by atoms with van der Waals surface area (Å²) >= 11 is 0. The van der Waals surface area contributed by atoms with Crippen LogP contribution in [0.15, 0.2) is 42.9 Å². The van der Waals surface area contributed by atoms with Crippen LogP contribution in [0.4, 0.5) is 0 Å². The second-order valence-corrected chi connectivity index (χ2v) is 5.00. The standard InChI is InChI=1S/C18H20N2O2/c1-4-5-9-14(2)22-18(21)17-12-19-13-20(17)15(3)16-10-7-6-8-11-16/h6-8,10-15H,4H2,1-3H3. The van der Waals surface area contributed by atoms with Gasteiger partial charge in [-0.3, -0.25) is 0 Å². The van der Waals surface area contributed by atoms with Crippen molar-refractivity contribution in [3.63, 3.8) is 0 Å². The lowest BCUT2D eigenvalue weighted by molar-refractivity contribution is 0.0424. The fourth-order valence-electron chi connectivity index (χ4n) is 2.16. The number of carbonyl (C=O) groups excluding carboxylic acids is 1. The molecule has 0 spiro atoms. The molecule has 0 amide bonds. The van der Waals surface area contributed by atoms with Gasteiger partial charge < -0.3 is 9.30 Å². The molecular weight excluding hydrogens is 276 g/mol. The van der Waals surface area contributed by atoms with Gasteiger partial charge in [-0.05, 0) is 19.4 Å². The molecule has 0 saturated heterocycles. The number of nitrogens with zero attached hydrogens (tertiary/aromatic N) is 2. The van der Waals surface area contributed by atoms with E-state index in [4.69, 9.17) is 4.74 Å². The van der Waals surface area contributed by atoms with Crippen molar-refractivity contribution < 1.29 is 9.53 Å². The van der Waals surface area contributed by atoms with Crippen LogP contribution in [0.5, 0.6) is 0 Å². The molecule has 4 nitrogen and oxygen atoms in total. The van der Waals surface area contributed by atoms with E-state index in [9.17, 15) is 4.79 Å². The van der Waals surface area contributed by atoms with Crippen molar-refractivity contribution in [2.75, 3.05) is 0 Å². The summed E-state index contributed by atoms with van der Waals surface area (Å²) in [5, 5.41) is 0. The molecule has 114 valence electrons. The van der Waals surface area contributed by atoms with E-state index in [1.54, 1.807) is 13.3 Å². The first-order valence-electron chi connectivity index (χ1n) is 7.39. The molecule has 1 heterocycles. The zero-order chi connectivity index (χ0) is 15.9. The number of rotatable bonds is 4. The molecule has 0 N–H and O–H groups in total. The van der Waals surface area contributed by atoms with Gasteiger partial charge in [-0.2, -0.15) is 0 Å². The van der Waals surface area contributed by atoms with Gasteiger partial charge in [-0.25, -0.2) is 9.78 Å². The smallest absolute Gasteiger partial charge is 0.357 e. The quantitative estimate of drug-likeness (QED) is 0.641. The predicted molar refractivity (Wildman–Crippen MR) is 85.4 cm³/mol. The van der Waals surface area contributed by atoms with Crippen LogP contribution in [0.2, 0.25) is 0 Å².